The molecule has 1 N–H and O–H groups in total. The molecule has 0 saturated heterocycles. The summed E-state index contributed by atoms with van der Waals surface area (Å²) in [6.07, 6.45) is 6.96. The second kappa shape index (κ2) is 6.53. The fourth-order valence-electron chi connectivity index (χ4n) is 3.55. The Bertz CT molecular complexity index is 574. The minimum Gasteiger partial charge on any atom is -0.356 e. The number of hydrogen-bond acceptors (Lipinski definition) is 3. The van der Waals surface area contributed by atoms with Gasteiger partial charge in [0.2, 0.25) is 5.91 Å². The molecule has 2 aliphatic heterocycles. The number of carbonyl (C=O) groups is 1. The monoisotopic (exact) mass is 341 g/mol. The standard InChI is InChI=1S/C17H22F3N3O/c1-22-9-10-23-14(3-2-4-16(22)23)11-15(24)21-13-7-5-12(6-8-13)17(18,19)20/h2-4,9-10,12-13,16H,5-8,11H2,1H3,(H,21,24). The van der Waals surface area contributed by atoms with Crippen molar-refractivity contribution in [2.24, 2.45) is 5.92 Å². The molecule has 24 heavy (non-hydrogen) atoms. The Kier molecular flexibility index (Phi) is 4.60. The van der Waals surface area contributed by atoms with Crippen LogP contribution in [0.2, 0.25) is 0 Å². The van der Waals surface area contributed by atoms with E-state index >= 15 is 0 Å². The van der Waals surface area contributed by atoms with Crippen LogP contribution >= 0.6 is 0 Å². The van der Waals surface area contributed by atoms with Crippen LogP contribution in [0, 0.1) is 5.92 Å². The molecule has 2 heterocycles. The minimum absolute atomic E-state index is 0.0972. The summed E-state index contributed by atoms with van der Waals surface area (Å²) in [6, 6.07) is -0.150. The van der Waals surface area contributed by atoms with E-state index in [0.717, 1.165) is 5.70 Å². The fourth-order valence-corrected chi connectivity index (χ4v) is 3.55. The first-order chi connectivity index (χ1) is 11.3. The third kappa shape index (κ3) is 3.60. The largest absolute Gasteiger partial charge is 0.391 e. The van der Waals surface area contributed by atoms with E-state index in [1.54, 1.807) is 0 Å². The van der Waals surface area contributed by atoms with Gasteiger partial charge in [-0.3, -0.25) is 4.79 Å². The summed E-state index contributed by atoms with van der Waals surface area (Å²) in [5, 5.41) is 2.89. The van der Waals surface area contributed by atoms with E-state index in [-0.39, 0.29) is 37.4 Å². The van der Waals surface area contributed by atoms with Crippen molar-refractivity contribution < 1.29 is 18.0 Å². The third-order valence-corrected chi connectivity index (χ3v) is 4.97. The van der Waals surface area contributed by atoms with Gasteiger partial charge in [0.05, 0.1) is 12.3 Å². The number of allylic oxidation sites excluding steroid dienone is 2. The van der Waals surface area contributed by atoms with Gasteiger partial charge in [-0.05, 0) is 37.8 Å². The quantitative estimate of drug-likeness (QED) is 0.857. The molecule has 4 nitrogen and oxygen atoms in total. The van der Waals surface area contributed by atoms with E-state index in [0.29, 0.717) is 12.8 Å². The Morgan fingerprint density at radius 1 is 1.25 bits per heavy atom. The maximum absolute atomic E-state index is 12.7. The molecule has 0 bridgehead atoms. The molecule has 0 spiro atoms. The Labute approximate surface area is 139 Å². The lowest BCUT2D eigenvalue weighted by Gasteiger charge is -2.33. The molecule has 1 saturated carbocycles. The Morgan fingerprint density at radius 3 is 2.62 bits per heavy atom. The molecule has 1 aliphatic carbocycles. The number of halogens is 3. The summed E-state index contributed by atoms with van der Waals surface area (Å²) in [7, 11) is 1.97. The smallest absolute Gasteiger partial charge is 0.356 e. The van der Waals surface area contributed by atoms with Crippen LogP contribution in [0.25, 0.3) is 0 Å². The molecule has 1 fully saturated rings. The van der Waals surface area contributed by atoms with Crippen molar-refractivity contribution in [1.29, 1.82) is 0 Å². The lowest BCUT2D eigenvalue weighted by atomic mass is 9.85. The molecular formula is C17H22F3N3O. The summed E-state index contributed by atoms with van der Waals surface area (Å²) >= 11 is 0. The van der Waals surface area contributed by atoms with Gasteiger partial charge in [0.15, 0.2) is 0 Å². The molecule has 0 radical (unpaired) electrons. The number of carbonyl (C=O) groups excluding carboxylic acids is 1. The second-order valence-corrected chi connectivity index (χ2v) is 6.66. The molecule has 1 amide bonds. The van der Waals surface area contributed by atoms with Gasteiger partial charge in [0.25, 0.3) is 0 Å². The lowest BCUT2D eigenvalue weighted by molar-refractivity contribution is -0.182. The van der Waals surface area contributed by atoms with Crippen molar-refractivity contribution in [3.05, 3.63) is 36.3 Å². The maximum atomic E-state index is 12.7. The highest BCUT2D eigenvalue weighted by Gasteiger charge is 2.41. The van der Waals surface area contributed by atoms with Crippen molar-refractivity contribution in [2.75, 3.05) is 7.05 Å². The number of fused-ring (bicyclic) bond motifs is 1. The lowest BCUT2D eigenvalue weighted by Crippen LogP contribution is -2.41. The minimum atomic E-state index is -4.11. The van der Waals surface area contributed by atoms with E-state index in [1.807, 2.05) is 47.5 Å². The highest BCUT2D eigenvalue weighted by atomic mass is 19.4. The van der Waals surface area contributed by atoms with Crippen LogP contribution in [0.1, 0.15) is 32.1 Å². The van der Waals surface area contributed by atoms with Crippen LogP contribution in [0.4, 0.5) is 13.2 Å². The summed E-state index contributed by atoms with van der Waals surface area (Å²) in [6.45, 7) is 0. The van der Waals surface area contributed by atoms with E-state index < -0.39 is 12.1 Å². The van der Waals surface area contributed by atoms with E-state index in [9.17, 15) is 18.0 Å². The van der Waals surface area contributed by atoms with Gasteiger partial charge in [-0.1, -0.05) is 6.08 Å². The van der Waals surface area contributed by atoms with Crippen LogP contribution in [-0.2, 0) is 4.79 Å². The maximum Gasteiger partial charge on any atom is 0.391 e. The highest BCUT2D eigenvalue weighted by molar-refractivity contribution is 5.79. The molecule has 3 aliphatic rings. The average molecular weight is 341 g/mol. The molecule has 132 valence electrons. The molecule has 1 atom stereocenters. The van der Waals surface area contributed by atoms with Gasteiger partial charge >= 0.3 is 6.18 Å². The Hall–Kier alpha value is -1.92. The highest BCUT2D eigenvalue weighted by Crippen LogP contribution is 2.37. The summed E-state index contributed by atoms with van der Waals surface area (Å²) < 4.78 is 38.0. The van der Waals surface area contributed by atoms with Crippen LogP contribution in [0.5, 0.6) is 0 Å². The summed E-state index contributed by atoms with van der Waals surface area (Å²) in [4.78, 5) is 16.3. The van der Waals surface area contributed by atoms with Crippen molar-refractivity contribution in [3.63, 3.8) is 0 Å². The molecule has 1 unspecified atom stereocenters. The van der Waals surface area contributed by atoms with Crippen LogP contribution < -0.4 is 5.32 Å². The van der Waals surface area contributed by atoms with Crippen LogP contribution in [0.3, 0.4) is 0 Å². The predicted molar refractivity (Wildman–Crippen MR) is 84.3 cm³/mol. The van der Waals surface area contributed by atoms with Gasteiger partial charge in [-0.2, -0.15) is 13.2 Å². The topological polar surface area (TPSA) is 35.6 Å². The molecule has 0 aromatic heterocycles. The van der Waals surface area contributed by atoms with Crippen molar-refractivity contribution >= 4 is 5.91 Å². The summed E-state index contributed by atoms with van der Waals surface area (Å²) in [5.74, 6) is -1.35. The third-order valence-electron chi connectivity index (χ3n) is 4.97. The number of rotatable bonds is 3. The van der Waals surface area contributed by atoms with Crippen molar-refractivity contribution in [2.45, 2.75) is 50.5 Å². The molecule has 0 aromatic carbocycles. The van der Waals surface area contributed by atoms with Gasteiger partial charge in [-0.25, -0.2) is 0 Å². The van der Waals surface area contributed by atoms with Crippen molar-refractivity contribution in [1.82, 2.24) is 15.1 Å². The number of amides is 1. The van der Waals surface area contributed by atoms with Gasteiger partial charge in [-0.15, -0.1) is 0 Å². The molecular weight excluding hydrogens is 319 g/mol. The summed E-state index contributed by atoms with van der Waals surface area (Å²) in [5.41, 5.74) is 0.893. The average Bonchev–Trinajstić information content (AvgIpc) is 2.90. The number of alkyl halides is 3. The van der Waals surface area contributed by atoms with Crippen LogP contribution in [-0.4, -0.2) is 41.1 Å². The van der Waals surface area contributed by atoms with Gasteiger partial charge in [0.1, 0.15) is 6.17 Å². The van der Waals surface area contributed by atoms with E-state index in [1.165, 1.54) is 0 Å². The SMILES string of the molecule is CN1C=CN2C(CC(=O)NC3CCC(C(F)(F)F)CC3)=CC=CC12. The first kappa shape index (κ1) is 16.9. The van der Waals surface area contributed by atoms with Crippen LogP contribution in [0.15, 0.2) is 36.3 Å². The van der Waals surface area contributed by atoms with E-state index in [4.69, 9.17) is 0 Å². The number of nitrogens with one attached hydrogen (secondary N) is 1. The first-order valence-electron chi connectivity index (χ1n) is 8.26. The Balaban J connectivity index is 1.49. The zero-order chi connectivity index (χ0) is 17.3. The fraction of sp³-hybridized carbons (Fsp3) is 0.588. The van der Waals surface area contributed by atoms with Gasteiger partial charge in [0, 0.05) is 31.2 Å². The molecule has 7 heteroatoms. The molecule has 3 rings (SSSR count). The predicted octanol–water partition coefficient (Wildman–Crippen LogP) is 3.11. The normalized spacial score (nSPS) is 29.5. The number of nitrogens with zero attached hydrogens (tertiary/aromatic N) is 2. The van der Waals surface area contributed by atoms with Crippen molar-refractivity contribution in [3.8, 4) is 0 Å². The Morgan fingerprint density at radius 2 is 1.96 bits per heavy atom. The molecule has 0 aromatic rings. The van der Waals surface area contributed by atoms with E-state index in [2.05, 4.69) is 5.32 Å². The zero-order valence-electron chi connectivity index (χ0n) is 13.6. The first-order valence-corrected chi connectivity index (χ1v) is 8.26. The number of hydrogen-bond donors (Lipinski definition) is 1. The van der Waals surface area contributed by atoms with Gasteiger partial charge < -0.3 is 15.1 Å². The second-order valence-electron chi connectivity index (χ2n) is 6.66. The zero-order valence-corrected chi connectivity index (χ0v) is 13.6. The number of likely N-dealkylation sites (N-methyl/N-ethyl adjacent to an activating group) is 1.